The van der Waals surface area contributed by atoms with E-state index < -0.39 is 5.91 Å². The summed E-state index contributed by atoms with van der Waals surface area (Å²) in [6.45, 7) is 6.60. The monoisotopic (exact) mass is 419 g/mol. The van der Waals surface area contributed by atoms with Gasteiger partial charge in [0.15, 0.2) is 5.58 Å². The fourth-order valence-corrected chi connectivity index (χ4v) is 3.44. The van der Waals surface area contributed by atoms with Crippen molar-refractivity contribution in [2.24, 2.45) is 0 Å². The van der Waals surface area contributed by atoms with Crippen molar-refractivity contribution in [1.29, 1.82) is 0 Å². The van der Waals surface area contributed by atoms with Gasteiger partial charge in [-0.2, -0.15) is 0 Å². The zero-order valence-electron chi connectivity index (χ0n) is 17.5. The van der Waals surface area contributed by atoms with Crippen LogP contribution in [0, 0.1) is 11.8 Å². The molecule has 4 rings (SSSR count). The number of carbonyl (C=O) groups is 1. The standard InChI is InChI=1S/C24H25N3O4/c1-2-6-23(28)25-20-17-18(24-26-19-7-3-4-8-22(19)31-24)9-10-21(20)30-14-5-11-27-12-15-29-16-13-27/h3-4,7-10,17H,5,11-16H2,1H3,(H,25,28). The molecule has 160 valence electrons. The van der Waals surface area contributed by atoms with Crippen molar-refractivity contribution in [3.05, 3.63) is 42.5 Å². The number of hydrogen-bond donors (Lipinski definition) is 1. The minimum atomic E-state index is -0.393. The largest absolute Gasteiger partial charge is 0.491 e. The van der Waals surface area contributed by atoms with Crippen LogP contribution in [0.15, 0.2) is 46.9 Å². The summed E-state index contributed by atoms with van der Waals surface area (Å²) < 4.78 is 17.2. The molecule has 3 aromatic rings. The second kappa shape index (κ2) is 10.1. The van der Waals surface area contributed by atoms with Crippen LogP contribution in [0.3, 0.4) is 0 Å². The maximum absolute atomic E-state index is 12.1. The lowest BCUT2D eigenvalue weighted by Gasteiger charge is -2.26. The number of amides is 1. The van der Waals surface area contributed by atoms with Gasteiger partial charge in [0.05, 0.1) is 25.5 Å². The number of carbonyl (C=O) groups excluding carboxylic acids is 1. The van der Waals surface area contributed by atoms with Crippen molar-refractivity contribution in [1.82, 2.24) is 9.88 Å². The van der Waals surface area contributed by atoms with Gasteiger partial charge in [0.25, 0.3) is 5.91 Å². The van der Waals surface area contributed by atoms with Crippen LogP contribution >= 0.6 is 0 Å². The van der Waals surface area contributed by atoms with Crippen LogP contribution in [0.1, 0.15) is 13.3 Å². The van der Waals surface area contributed by atoms with Gasteiger partial charge in [-0.3, -0.25) is 9.69 Å². The number of oxazole rings is 1. The molecular formula is C24H25N3O4. The van der Waals surface area contributed by atoms with E-state index in [4.69, 9.17) is 13.9 Å². The minimum absolute atomic E-state index is 0.393. The lowest BCUT2D eigenvalue weighted by atomic mass is 10.2. The molecule has 1 fully saturated rings. The summed E-state index contributed by atoms with van der Waals surface area (Å²) in [5.74, 6) is 5.79. The number of ether oxygens (including phenoxy) is 2. The van der Waals surface area contributed by atoms with E-state index in [-0.39, 0.29) is 0 Å². The molecule has 1 aliphatic rings. The molecule has 0 atom stereocenters. The van der Waals surface area contributed by atoms with E-state index in [1.165, 1.54) is 0 Å². The number of nitrogens with one attached hydrogen (secondary N) is 1. The number of para-hydroxylation sites is 2. The van der Waals surface area contributed by atoms with Gasteiger partial charge in [-0.25, -0.2) is 4.98 Å². The molecule has 0 saturated carbocycles. The Kier molecular flexibility index (Phi) is 6.82. The minimum Gasteiger partial charge on any atom is -0.491 e. The van der Waals surface area contributed by atoms with Gasteiger partial charge >= 0.3 is 0 Å². The zero-order chi connectivity index (χ0) is 21.5. The van der Waals surface area contributed by atoms with Crippen molar-refractivity contribution < 1.29 is 18.7 Å². The van der Waals surface area contributed by atoms with E-state index in [0.717, 1.165) is 50.3 Å². The fraction of sp³-hybridized carbons (Fsp3) is 0.333. The first-order valence-electron chi connectivity index (χ1n) is 10.4. The van der Waals surface area contributed by atoms with Crippen molar-refractivity contribution in [3.8, 4) is 29.0 Å². The summed E-state index contributed by atoms with van der Waals surface area (Å²) >= 11 is 0. The summed E-state index contributed by atoms with van der Waals surface area (Å²) in [6, 6.07) is 13.1. The number of anilines is 1. The third-order valence-corrected chi connectivity index (χ3v) is 4.99. The molecule has 0 spiro atoms. The molecule has 1 aliphatic heterocycles. The first-order chi connectivity index (χ1) is 15.2. The molecular weight excluding hydrogens is 394 g/mol. The molecule has 0 aliphatic carbocycles. The van der Waals surface area contributed by atoms with Gasteiger partial charge in [0.1, 0.15) is 11.3 Å². The second-order valence-electron chi connectivity index (χ2n) is 7.18. The molecule has 1 aromatic heterocycles. The summed E-state index contributed by atoms with van der Waals surface area (Å²) in [7, 11) is 0. The quantitative estimate of drug-likeness (QED) is 0.466. The number of nitrogens with zero attached hydrogens (tertiary/aromatic N) is 2. The Hall–Kier alpha value is -3.34. The van der Waals surface area contributed by atoms with Crippen LogP contribution in [-0.4, -0.2) is 55.2 Å². The highest BCUT2D eigenvalue weighted by Crippen LogP contribution is 2.32. The van der Waals surface area contributed by atoms with Crippen LogP contribution in [0.5, 0.6) is 5.75 Å². The van der Waals surface area contributed by atoms with Crippen LogP contribution in [0.25, 0.3) is 22.6 Å². The number of hydrogen-bond acceptors (Lipinski definition) is 6. The van der Waals surface area contributed by atoms with Gasteiger partial charge in [-0.05, 0) is 49.6 Å². The summed E-state index contributed by atoms with van der Waals surface area (Å²) in [5.41, 5.74) is 2.78. The Morgan fingerprint density at radius 3 is 2.87 bits per heavy atom. The van der Waals surface area contributed by atoms with E-state index >= 15 is 0 Å². The average Bonchev–Trinajstić information content (AvgIpc) is 3.23. The summed E-state index contributed by atoms with van der Waals surface area (Å²) in [4.78, 5) is 19.0. The van der Waals surface area contributed by atoms with Crippen LogP contribution < -0.4 is 10.1 Å². The van der Waals surface area contributed by atoms with Gasteiger partial charge in [-0.15, -0.1) is 0 Å². The van der Waals surface area contributed by atoms with Crippen molar-refractivity contribution in [2.75, 3.05) is 44.8 Å². The number of fused-ring (bicyclic) bond motifs is 1. The normalized spacial score (nSPS) is 14.1. The highest BCUT2D eigenvalue weighted by atomic mass is 16.5. The van der Waals surface area contributed by atoms with Crippen molar-refractivity contribution >= 4 is 22.7 Å². The zero-order valence-corrected chi connectivity index (χ0v) is 17.5. The number of benzene rings is 2. The van der Waals surface area contributed by atoms with Crippen LogP contribution in [-0.2, 0) is 9.53 Å². The Bertz CT molecular complexity index is 1070. The molecule has 0 unspecified atom stereocenters. The Balaban J connectivity index is 1.49. The molecule has 1 N–H and O–H groups in total. The number of aromatic nitrogens is 1. The van der Waals surface area contributed by atoms with Gasteiger partial charge in [0, 0.05) is 25.2 Å². The molecule has 1 amide bonds. The molecule has 7 nitrogen and oxygen atoms in total. The highest BCUT2D eigenvalue weighted by Gasteiger charge is 2.14. The molecule has 31 heavy (non-hydrogen) atoms. The maximum atomic E-state index is 12.1. The SMILES string of the molecule is CC#CC(=O)Nc1cc(-c2nc3ccccc3o2)ccc1OCCCN1CCOCC1. The summed E-state index contributed by atoms with van der Waals surface area (Å²) in [6.07, 6.45) is 0.884. The second-order valence-corrected chi connectivity index (χ2v) is 7.18. The van der Waals surface area contributed by atoms with Gasteiger partial charge in [-0.1, -0.05) is 18.1 Å². The van der Waals surface area contributed by atoms with E-state index in [1.54, 1.807) is 13.0 Å². The first-order valence-corrected chi connectivity index (χ1v) is 10.4. The topological polar surface area (TPSA) is 76.8 Å². The molecule has 7 heteroatoms. The first kappa shape index (κ1) is 20.9. The smallest absolute Gasteiger partial charge is 0.300 e. The lowest BCUT2D eigenvalue weighted by Crippen LogP contribution is -2.37. The molecule has 0 bridgehead atoms. The number of morpholine rings is 1. The van der Waals surface area contributed by atoms with E-state index in [1.807, 2.05) is 36.4 Å². The third-order valence-electron chi connectivity index (χ3n) is 4.99. The molecule has 0 radical (unpaired) electrons. The van der Waals surface area contributed by atoms with Gasteiger partial charge < -0.3 is 19.2 Å². The fourth-order valence-electron chi connectivity index (χ4n) is 3.44. The van der Waals surface area contributed by atoms with Crippen molar-refractivity contribution in [2.45, 2.75) is 13.3 Å². The highest BCUT2D eigenvalue weighted by molar-refractivity contribution is 6.05. The molecule has 2 heterocycles. The maximum Gasteiger partial charge on any atom is 0.300 e. The van der Waals surface area contributed by atoms with E-state index in [9.17, 15) is 4.79 Å². The van der Waals surface area contributed by atoms with E-state index in [0.29, 0.717) is 29.5 Å². The molecule has 1 saturated heterocycles. The third kappa shape index (κ3) is 5.43. The predicted octanol–water partition coefficient (Wildman–Crippen LogP) is 3.56. The Morgan fingerprint density at radius 2 is 2.06 bits per heavy atom. The Morgan fingerprint density at radius 1 is 1.23 bits per heavy atom. The average molecular weight is 419 g/mol. The lowest BCUT2D eigenvalue weighted by molar-refractivity contribution is -0.111. The summed E-state index contributed by atoms with van der Waals surface area (Å²) in [5, 5.41) is 2.81. The van der Waals surface area contributed by atoms with Crippen LogP contribution in [0.2, 0.25) is 0 Å². The molecule has 2 aromatic carbocycles. The van der Waals surface area contributed by atoms with Crippen LogP contribution in [0.4, 0.5) is 5.69 Å². The van der Waals surface area contributed by atoms with Gasteiger partial charge in [0.2, 0.25) is 5.89 Å². The Labute approximate surface area is 181 Å². The predicted molar refractivity (Wildman–Crippen MR) is 119 cm³/mol. The van der Waals surface area contributed by atoms with E-state index in [2.05, 4.69) is 27.0 Å². The number of rotatable bonds is 7. The van der Waals surface area contributed by atoms with Crippen molar-refractivity contribution in [3.63, 3.8) is 0 Å².